The van der Waals surface area contributed by atoms with Gasteiger partial charge in [-0.25, -0.2) is 19.6 Å². The van der Waals surface area contributed by atoms with Crippen LogP contribution < -0.4 is 20.1 Å². The largest absolute Gasteiger partial charge is 0.490 e. The highest BCUT2D eigenvalue weighted by atomic mass is 16.5. The van der Waals surface area contributed by atoms with Gasteiger partial charge in [-0.2, -0.15) is 0 Å². The Morgan fingerprint density at radius 2 is 1.05 bits per heavy atom. The van der Waals surface area contributed by atoms with Crippen LogP contribution in [0, 0.1) is 11.8 Å². The topological polar surface area (TPSA) is 212 Å². The van der Waals surface area contributed by atoms with Crippen molar-refractivity contribution in [3.05, 3.63) is 60.4 Å². The molecule has 0 aliphatic carbocycles. The van der Waals surface area contributed by atoms with Gasteiger partial charge in [0.05, 0.1) is 63.3 Å². The summed E-state index contributed by atoms with van der Waals surface area (Å²) < 4.78 is 32.9. The number of aromatic nitrogens is 4. The smallest absolute Gasteiger partial charge is 0.407 e. The third-order valence-corrected chi connectivity index (χ3v) is 11.6. The van der Waals surface area contributed by atoms with Gasteiger partial charge in [-0.15, -0.1) is 0 Å². The number of hydrogen-bond donors (Lipinski definition) is 4. The van der Waals surface area contributed by atoms with E-state index in [1.165, 1.54) is 14.2 Å². The lowest BCUT2D eigenvalue weighted by molar-refractivity contribution is -0.136. The van der Waals surface area contributed by atoms with E-state index >= 15 is 0 Å². The minimum Gasteiger partial charge on any atom is -0.490 e. The van der Waals surface area contributed by atoms with Gasteiger partial charge in [-0.05, 0) is 72.9 Å². The van der Waals surface area contributed by atoms with Gasteiger partial charge in [0.25, 0.3) is 0 Å². The molecule has 4 heterocycles. The highest BCUT2D eigenvalue weighted by Crippen LogP contribution is 2.40. The number of rotatable bonds is 19. The van der Waals surface area contributed by atoms with Crippen LogP contribution in [-0.4, -0.2) is 134 Å². The molecule has 64 heavy (non-hydrogen) atoms. The Kier molecular flexibility index (Phi) is 16.3. The van der Waals surface area contributed by atoms with E-state index in [1.54, 1.807) is 36.4 Å². The van der Waals surface area contributed by atoms with Crippen molar-refractivity contribution in [1.29, 1.82) is 0 Å². The summed E-state index contributed by atoms with van der Waals surface area (Å²) in [5, 5.41) is 5.40. The summed E-state index contributed by atoms with van der Waals surface area (Å²) in [7, 11) is 5.79. The van der Waals surface area contributed by atoms with Crippen molar-refractivity contribution in [3.63, 3.8) is 0 Å². The molecule has 2 saturated heterocycles. The van der Waals surface area contributed by atoms with Crippen LogP contribution in [0.3, 0.4) is 0 Å². The van der Waals surface area contributed by atoms with Crippen LogP contribution >= 0.6 is 0 Å². The van der Waals surface area contributed by atoms with E-state index in [-0.39, 0.29) is 35.7 Å². The summed E-state index contributed by atoms with van der Waals surface area (Å²) in [4.78, 5) is 71.7. The molecule has 0 spiro atoms. The van der Waals surface area contributed by atoms with E-state index in [9.17, 15) is 19.2 Å². The summed E-state index contributed by atoms with van der Waals surface area (Å²) in [5.74, 6) is 1.83. The molecule has 2 aromatic carbocycles. The lowest BCUT2D eigenvalue weighted by Gasteiger charge is -2.30. The summed E-state index contributed by atoms with van der Waals surface area (Å²) in [6.45, 7) is 9.99. The number of imidazole rings is 2. The molecule has 0 radical (unpaired) electrons. The van der Waals surface area contributed by atoms with Crippen molar-refractivity contribution in [2.75, 3.05) is 68.0 Å². The standard InChI is InChI=1S/C46H62N8O10/c1-27(2)39(51-45(57)61-7)43(55)53-17-9-11-35(53)41-47-25-33(49-41)31-15-13-29(23-37(31)63-21-19-59-5)30-14-16-32(38(24-30)64-22-20-60-6)34-26-48-42(50-34)36-12-10-18-54(36)44(56)40(28(3)4)52-46(58)62-8/h13-16,23-28,35-36,39-40H,9-12,17-22H2,1-8H3,(H,47,49)(H,48,50)(H,51,57)(H,52,58). The first kappa shape index (κ1) is 47.3. The molecule has 4 aromatic rings. The van der Waals surface area contributed by atoms with Crippen molar-refractivity contribution < 1.29 is 47.6 Å². The molecule has 2 aliphatic heterocycles. The van der Waals surface area contributed by atoms with Gasteiger partial charge >= 0.3 is 12.2 Å². The maximum absolute atomic E-state index is 13.8. The normalized spacial score (nSPS) is 17.1. The Hall–Kier alpha value is -6.14. The molecule has 18 nitrogen and oxygen atoms in total. The first-order valence-corrected chi connectivity index (χ1v) is 21.8. The average Bonchev–Trinajstić information content (AvgIpc) is 4.14. The van der Waals surface area contributed by atoms with Gasteiger partial charge in [0, 0.05) is 38.4 Å². The number of nitrogens with one attached hydrogen (secondary N) is 4. The van der Waals surface area contributed by atoms with Gasteiger partial charge in [0.2, 0.25) is 11.8 Å². The van der Waals surface area contributed by atoms with Crippen LogP contribution in [0.15, 0.2) is 48.8 Å². The van der Waals surface area contributed by atoms with Gasteiger partial charge in [-0.1, -0.05) is 39.8 Å². The van der Waals surface area contributed by atoms with Crippen LogP contribution in [0.2, 0.25) is 0 Å². The number of alkyl carbamates (subject to hydrolysis) is 2. The molecule has 4 unspecified atom stereocenters. The first-order chi connectivity index (χ1) is 30.9. The zero-order valence-electron chi connectivity index (χ0n) is 38.0. The second-order valence-corrected chi connectivity index (χ2v) is 16.6. The fraction of sp³-hybridized carbons (Fsp3) is 0.522. The van der Waals surface area contributed by atoms with Crippen LogP contribution in [0.4, 0.5) is 9.59 Å². The number of nitrogens with zero attached hydrogens (tertiary/aromatic N) is 4. The molecule has 4 atom stereocenters. The monoisotopic (exact) mass is 886 g/mol. The molecular formula is C46H62N8O10. The predicted molar refractivity (Wildman–Crippen MR) is 237 cm³/mol. The van der Waals surface area contributed by atoms with E-state index in [1.807, 2.05) is 64.1 Å². The minimum atomic E-state index is -0.741. The number of ether oxygens (including phenoxy) is 6. The number of aromatic amines is 2. The van der Waals surface area contributed by atoms with E-state index in [4.69, 9.17) is 38.4 Å². The molecule has 2 fully saturated rings. The maximum atomic E-state index is 13.8. The molecular weight excluding hydrogens is 825 g/mol. The van der Waals surface area contributed by atoms with Crippen molar-refractivity contribution in [2.24, 2.45) is 11.8 Å². The quantitative estimate of drug-likeness (QED) is 0.0768. The number of hydrogen-bond acceptors (Lipinski definition) is 12. The highest BCUT2D eigenvalue weighted by Gasteiger charge is 2.39. The Morgan fingerprint density at radius 1 is 0.641 bits per heavy atom. The van der Waals surface area contributed by atoms with E-state index < -0.39 is 24.3 Å². The number of amides is 4. The van der Waals surface area contributed by atoms with Gasteiger partial charge in [-0.3, -0.25) is 9.59 Å². The Balaban J connectivity index is 1.27. The van der Waals surface area contributed by atoms with Gasteiger partial charge < -0.3 is 58.8 Å². The Morgan fingerprint density at radius 3 is 1.41 bits per heavy atom. The minimum absolute atomic E-state index is 0.151. The second-order valence-electron chi connectivity index (χ2n) is 16.6. The second kappa shape index (κ2) is 22.0. The number of methoxy groups -OCH3 is 4. The van der Waals surface area contributed by atoms with Crippen molar-refractivity contribution in [3.8, 4) is 45.1 Å². The van der Waals surface area contributed by atoms with Crippen molar-refractivity contribution in [1.82, 2.24) is 40.4 Å². The molecule has 18 heteroatoms. The SMILES string of the molecule is COCCOc1cc(-c2ccc(-c3cnc(C4CCCN4C(=O)C(NC(=O)OC)C(C)C)[nH]3)c(OCCOC)c2)ccc1-c1cnc(C2CCCN2C(=O)C(NC(=O)OC)C(C)C)[nH]1. The van der Waals surface area contributed by atoms with Gasteiger partial charge in [0.1, 0.15) is 48.4 Å². The molecule has 4 N–H and O–H groups in total. The Labute approximate surface area is 374 Å². The molecule has 2 aliphatic rings. The number of carbonyl (C=O) groups excluding carboxylic acids is 4. The third kappa shape index (κ3) is 11.0. The van der Waals surface area contributed by atoms with Crippen LogP contribution in [0.5, 0.6) is 11.5 Å². The summed E-state index contributed by atoms with van der Waals surface area (Å²) >= 11 is 0. The van der Waals surface area contributed by atoms with E-state index in [2.05, 4.69) is 20.6 Å². The predicted octanol–water partition coefficient (Wildman–Crippen LogP) is 6.27. The molecule has 2 aromatic heterocycles. The summed E-state index contributed by atoms with van der Waals surface area (Å²) in [6.07, 6.45) is 5.22. The lowest BCUT2D eigenvalue weighted by atomic mass is 9.99. The van der Waals surface area contributed by atoms with Crippen LogP contribution in [0.25, 0.3) is 33.6 Å². The van der Waals surface area contributed by atoms with Crippen LogP contribution in [0.1, 0.15) is 77.1 Å². The van der Waals surface area contributed by atoms with Crippen molar-refractivity contribution in [2.45, 2.75) is 77.5 Å². The number of likely N-dealkylation sites (tertiary alicyclic amines) is 2. The zero-order chi connectivity index (χ0) is 45.9. The highest BCUT2D eigenvalue weighted by molar-refractivity contribution is 5.87. The fourth-order valence-electron chi connectivity index (χ4n) is 8.23. The molecule has 4 amide bonds. The molecule has 0 saturated carbocycles. The summed E-state index contributed by atoms with van der Waals surface area (Å²) in [6, 6.07) is 9.81. The summed E-state index contributed by atoms with van der Waals surface area (Å²) in [5.41, 5.74) is 4.74. The maximum Gasteiger partial charge on any atom is 0.407 e. The van der Waals surface area contributed by atoms with Crippen molar-refractivity contribution >= 4 is 24.0 Å². The Bertz CT molecular complexity index is 2070. The lowest BCUT2D eigenvalue weighted by Crippen LogP contribution is -2.51. The van der Waals surface area contributed by atoms with Crippen LogP contribution in [-0.2, 0) is 28.5 Å². The number of H-pyrrole nitrogens is 2. The molecule has 6 rings (SSSR count). The third-order valence-electron chi connectivity index (χ3n) is 11.6. The average molecular weight is 887 g/mol. The first-order valence-electron chi connectivity index (χ1n) is 21.8. The number of carbonyl (C=O) groups is 4. The van der Waals surface area contributed by atoms with E-state index in [0.717, 1.165) is 59.3 Å². The molecule has 0 bridgehead atoms. The van der Waals surface area contributed by atoms with E-state index in [0.29, 0.717) is 62.7 Å². The molecule has 346 valence electrons. The number of benzene rings is 2. The fourth-order valence-corrected chi connectivity index (χ4v) is 8.23. The zero-order valence-corrected chi connectivity index (χ0v) is 38.0. The van der Waals surface area contributed by atoms with Gasteiger partial charge in [0.15, 0.2) is 0 Å².